The van der Waals surface area contributed by atoms with Gasteiger partial charge in [0.25, 0.3) is 5.91 Å². The number of hydrogen-bond acceptors (Lipinski definition) is 3. The molecule has 1 heterocycles. The molecule has 5 heteroatoms. The molecule has 2 saturated carbocycles. The predicted molar refractivity (Wildman–Crippen MR) is 94.5 cm³/mol. The summed E-state index contributed by atoms with van der Waals surface area (Å²) in [6.07, 6.45) is 5.17. The Hall–Kier alpha value is -2.17. The van der Waals surface area contributed by atoms with Crippen molar-refractivity contribution in [2.45, 2.75) is 46.6 Å². The molecule has 2 unspecified atom stereocenters. The summed E-state index contributed by atoms with van der Waals surface area (Å²) in [5, 5.41) is 4.52. The van der Waals surface area contributed by atoms with Crippen LogP contribution in [0.25, 0.3) is 11.0 Å². The van der Waals surface area contributed by atoms with Crippen molar-refractivity contribution < 1.29 is 4.79 Å². The van der Waals surface area contributed by atoms with Crippen molar-refractivity contribution in [2.24, 2.45) is 21.8 Å². The number of benzene rings is 1. The third-order valence-electron chi connectivity index (χ3n) is 6.67. The SMILES string of the molecule is CC12CCC(C/C1=N\NC(=O)Cn1cnc3ccccc31)C2(C)C. The summed E-state index contributed by atoms with van der Waals surface area (Å²) in [6, 6.07) is 7.82. The first kappa shape index (κ1) is 15.4. The summed E-state index contributed by atoms with van der Waals surface area (Å²) in [5.41, 5.74) is 6.20. The fourth-order valence-electron chi connectivity index (χ4n) is 4.55. The third kappa shape index (κ3) is 2.10. The number of para-hydroxylation sites is 2. The van der Waals surface area contributed by atoms with Crippen LogP contribution in [0.4, 0.5) is 0 Å². The minimum Gasteiger partial charge on any atom is -0.321 e. The van der Waals surface area contributed by atoms with E-state index in [1.54, 1.807) is 6.33 Å². The highest BCUT2D eigenvalue weighted by Crippen LogP contribution is 2.63. The molecule has 2 atom stereocenters. The first-order chi connectivity index (χ1) is 11.4. The molecule has 2 fully saturated rings. The maximum atomic E-state index is 12.3. The summed E-state index contributed by atoms with van der Waals surface area (Å²) in [4.78, 5) is 16.6. The van der Waals surface area contributed by atoms with Crippen LogP contribution in [0.1, 0.15) is 40.0 Å². The number of hydrazone groups is 1. The Labute approximate surface area is 142 Å². The average molecular weight is 324 g/mol. The van der Waals surface area contributed by atoms with E-state index in [1.165, 1.54) is 12.8 Å². The van der Waals surface area contributed by atoms with Gasteiger partial charge in [-0.3, -0.25) is 4.79 Å². The molecule has 2 bridgehead atoms. The van der Waals surface area contributed by atoms with E-state index in [-0.39, 0.29) is 23.3 Å². The van der Waals surface area contributed by atoms with Crippen LogP contribution in [-0.4, -0.2) is 21.2 Å². The molecule has 126 valence electrons. The van der Waals surface area contributed by atoms with Crippen molar-refractivity contribution in [3.63, 3.8) is 0 Å². The van der Waals surface area contributed by atoms with Gasteiger partial charge in [-0.1, -0.05) is 32.9 Å². The number of imidazole rings is 1. The Bertz CT molecular complexity index is 835. The highest BCUT2D eigenvalue weighted by atomic mass is 16.2. The molecule has 1 aromatic heterocycles. The van der Waals surface area contributed by atoms with E-state index in [0.717, 1.165) is 23.2 Å². The van der Waals surface area contributed by atoms with Gasteiger partial charge in [-0.25, -0.2) is 10.4 Å². The summed E-state index contributed by atoms with van der Waals surface area (Å²) in [5.74, 6) is 0.588. The number of rotatable bonds is 3. The minimum absolute atomic E-state index is 0.102. The van der Waals surface area contributed by atoms with Gasteiger partial charge in [0, 0.05) is 11.1 Å². The molecule has 1 aromatic carbocycles. The Balaban J connectivity index is 1.48. The summed E-state index contributed by atoms with van der Waals surface area (Å²) >= 11 is 0. The van der Waals surface area contributed by atoms with E-state index in [4.69, 9.17) is 0 Å². The van der Waals surface area contributed by atoms with Crippen LogP contribution in [0, 0.1) is 16.7 Å². The number of aromatic nitrogens is 2. The fourth-order valence-corrected chi connectivity index (χ4v) is 4.55. The zero-order chi connectivity index (χ0) is 16.9. The molecule has 0 radical (unpaired) electrons. The monoisotopic (exact) mass is 324 g/mol. The lowest BCUT2D eigenvalue weighted by Crippen LogP contribution is -2.34. The zero-order valence-electron chi connectivity index (χ0n) is 14.5. The predicted octanol–water partition coefficient (Wildman–Crippen LogP) is 3.35. The standard InChI is InChI=1S/C19H24N4O/c1-18(2)13-8-9-19(18,3)16(10-13)21-22-17(24)11-23-12-20-14-6-4-5-7-15(14)23/h4-7,12-13H,8-11H2,1-3H3,(H,22,24)/b21-16+. The van der Waals surface area contributed by atoms with Crippen LogP contribution >= 0.6 is 0 Å². The molecule has 0 aliphatic heterocycles. The number of hydrogen-bond donors (Lipinski definition) is 1. The molecule has 0 saturated heterocycles. The van der Waals surface area contributed by atoms with Crippen LogP contribution < -0.4 is 5.43 Å². The Morgan fingerprint density at radius 3 is 2.88 bits per heavy atom. The lowest BCUT2D eigenvalue weighted by molar-refractivity contribution is -0.121. The summed E-state index contributed by atoms with van der Waals surface area (Å²) < 4.78 is 1.86. The van der Waals surface area contributed by atoms with Crippen molar-refractivity contribution in [1.29, 1.82) is 0 Å². The third-order valence-corrected chi connectivity index (χ3v) is 6.67. The molecule has 2 aromatic rings. The van der Waals surface area contributed by atoms with Crippen LogP contribution in [-0.2, 0) is 11.3 Å². The molecule has 24 heavy (non-hydrogen) atoms. The fraction of sp³-hybridized carbons (Fsp3) is 0.526. The number of carbonyl (C=O) groups excluding carboxylic acids is 1. The molecule has 2 aliphatic rings. The van der Waals surface area contributed by atoms with Crippen LogP contribution in [0.5, 0.6) is 0 Å². The van der Waals surface area contributed by atoms with Crippen molar-refractivity contribution in [3.8, 4) is 0 Å². The molecular weight excluding hydrogens is 300 g/mol. The van der Waals surface area contributed by atoms with E-state index in [1.807, 2.05) is 28.8 Å². The molecule has 4 rings (SSSR count). The lowest BCUT2D eigenvalue weighted by atomic mass is 9.70. The van der Waals surface area contributed by atoms with Gasteiger partial charge in [-0.15, -0.1) is 0 Å². The molecular formula is C19H24N4O. The number of carbonyl (C=O) groups is 1. The zero-order valence-corrected chi connectivity index (χ0v) is 14.5. The second kappa shape index (κ2) is 5.16. The second-order valence-corrected chi connectivity index (χ2v) is 7.95. The van der Waals surface area contributed by atoms with Gasteiger partial charge in [-0.2, -0.15) is 5.10 Å². The Kier molecular flexibility index (Phi) is 3.31. The summed E-state index contributed by atoms with van der Waals surface area (Å²) in [7, 11) is 0. The van der Waals surface area contributed by atoms with Crippen molar-refractivity contribution in [3.05, 3.63) is 30.6 Å². The molecule has 1 amide bonds. The van der Waals surface area contributed by atoms with Gasteiger partial charge in [0.05, 0.1) is 17.4 Å². The first-order valence-electron chi connectivity index (χ1n) is 8.67. The largest absolute Gasteiger partial charge is 0.321 e. The number of nitrogens with one attached hydrogen (secondary N) is 1. The normalized spacial score (nSPS) is 29.5. The number of fused-ring (bicyclic) bond motifs is 3. The highest BCUT2D eigenvalue weighted by molar-refractivity contribution is 5.95. The van der Waals surface area contributed by atoms with Crippen LogP contribution in [0.2, 0.25) is 0 Å². The van der Waals surface area contributed by atoms with E-state index >= 15 is 0 Å². The van der Waals surface area contributed by atoms with E-state index in [9.17, 15) is 4.79 Å². The quantitative estimate of drug-likeness (QED) is 0.880. The van der Waals surface area contributed by atoms with Gasteiger partial charge in [0.2, 0.25) is 0 Å². The molecule has 2 aliphatic carbocycles. The maximum Gasteiger partial charge on any atom is 0.260 e. The van der Waals surface area contributed by atoms with E-state index < -0.39 is 0 Å². The second-order valence-electron chi connectivity index (χ2n) is 7.95. The van der Waals surface area contributed by atoms with Gasteiger partial charge >= 0.3 is 0 Å². The first-order valence-corrected chi connectivity index (χ1v) is 8.67. The van der Waals surface area contributed by atoms with Gasteiger partial charge < -0.3 is 4.57 Å². The topological polar surface area (TPSA) is 59.3 Å². The molecule has 5 nitrogen and oxygen atoms in total. The minimum atomic E-state index is -0.102. The van der Waals surface area contributed by atoms with Gasteiger partial charge in [0.15, 0.2) is 0 Å². The summed E-state index contributed by atoms with van der Waals surface area (Å²) in [6.45, 7) is 7.22. The van der Waals surface area contributed by atoms with Crippen LogP contribution in [0.3, 0.4) is 0 Å². The number of nitrogens with zero attached hydrogens (tertiary/aromatic N) is 3. The molecule has 1 N–H and O–H groups in total. The van der Waals surface area contributed by atoms with Crippen molar-refractivity contribution in [2.75, 3.05) is 0 Å². The highest BCUT2D eigenvalue weighted by Gasteiger charge is 2.59. The van der Waals surface area contributed by atoms with Gasteiger partial charge in [0.1, 0.15) is 6.54 Å². The molecule has 0 spiro atoms. The van der Waals surface area contributed by atoms with Crippen molar-refractivity contribution in [1.82, 2.24) is 15.0 Å². The van der Waals surface area contributed by atoms with Gasteiger partial charge in [-0.05, 0) is 42.7 Å². The average Bonchev–Trinajstić information content (AvgIpc) is 3.12. The lowest BCUT2D eigenvalue weighted by Gasteiger charge is -2.34. The van der Waals surface area contributed by atoms with E-state index in [2.05, 4.69) is 36.3 Å². The number of amides is 1. The Morgan fingerprint density at radius 2 is 2.17 bits per heavy atom. The smallest absolute Gasteiger partial charge is 0.260 e. The van der Waals surface area contributed by atoms with Crippen molar-refractivity contribution >= 4 is 22.7 Å². The Morgan fingerprint density at radius 1 is 1.38 bits per heavy atom. The van der Waals surface area contributed by atoms with Crippen LogP contribution in [0.15, 0.2) is 35.7 Å². The maximum absolute atomic E-state index is 12.3. The van der Waals surface area contributed by atoms with E-state index in [0.29, 0.717) is 5.92 Å².